The molecule has 1 aromatic heterocycles. The van der Waals surface area contributed by atoms with Crippen LogP contribution in [0.5, 0.6) is 0 Å². The van der Waals surface area contributed by atoms with Gasteiger partial charge in [-0.3, -0.25) is 9.67 Å². The molecule has 2 rings (SSSR count). The van der Waals surface area contributed by atoms with Gasteiger partial charge in [0.15, 0.2) is 5.96 Å². The number of guanidine groups is 1. The van der Waals surface area contributed by atoms with Crippen LogP contribution in [-0.2, 0) is 6.54 Å². The number of hydrogen-bond acceptors (Lipinski definition) is 2. The summed E-state index contributed by atoms with van der Waals surface area (Å²) in [5.41, 5.74) is 2.33. The molecule has 0 bridgehead atoms. The number of nitrogens with one attached hydrogen (secondary N) is 2. The summed E-state index contributed by atoms with van der Waals surface area (Å²) < 4.78 is 1.91. The zero-order chi connectivity index (χ0) is 16.7. The van der Waals surface area contributed by atoms with E-state index in [4.69, 9.17) is 11.6 Å². The maximum Gasteiger partial charge on any atom is 0.191 e. The van der Waals surface area contributed by atoms with Crippen molar-refractivity contribution in [3.63, 3.8) is 0 Å². The van der Waals surface area contributed by atoms with E-state index in [2.05, 4.69) is 34.6 Å². The third kappa shape index (κ3) is 6.68. The van der Waals surface area contributed by atoms with Gasteiger partial charge in [0.1, 0.15) is 0 Å². The molecule has 1 aromatic carbocycles. The molecule has 132 valence electrons. The number of aliphatic imine (C=N–C) groups is 1. The highest BCUT2D eigenvalue weighted by molar-refractivity contribution is 14.0. The topological polar surface area (TPSA) is 54.2 Å². The maximum absolute atomic E-state index is 5.94. The molecule has 0 spiro atoms. The Hall–Kier alpha value is -1.28. The molecule has 2 aromatic rings. The normalized spacial score (nSPS) is 12.4. The van der Waals surface area contributed by atoms with Crippen molar-refractivity contribution in [1.29, 1.82) is 0 Å². The quantitative estimate of drug-likeness (QED) is 0.391. The monoisotopic (exact) mass is 461 g/mol. The second-order valence-corrected chi connectivity index (χ2v) is 5.90. The summed E-state index contributed by atoms with van der Waals surface area (Å²) in [6.45, 7) is 8.45. The zero-order valence-corrected chi connectivity index (χ0v) is 17.4. The SMILES string of the molecule is CCNC(=NCCn1cc(C)cn1)NC(C)c1ccc(Cl)cc1.I. The molecule has 0 aliphatic carbocycles. The summed E-state index contributed by atoms with van der Waals surface area (Å²) in [5, 5.41) is 11.7. The Kier molecular flexibility index (Phi) is 9.13. The molecule has 0 saturated carbocycles. The number of rotatable bonds is 6. The Morgan fingerprint density at radius 3 is 2.62 bits per heavy atom. The molecule has 5 nitrogen and oxygen atoms in total. The summed E-state index contributed by atoms with van der Waals surface area (Å²) in [6.07, 6.45) is 3.88. The van der Waals surface area contributed by atoms with E-state index in [9.17, 15) is 0 Å². The summed E-state index contributed by atoms with van der Waals surface area (Å²) in [4.78, 5) is 4.61. The average molecular weight is 462 g/mol. The molecule has 1 heterocycles. The molecule has 1 atom stereocenters. The van der Waals surface area contributed by atoms with E-state index >= 15 is 0 Å². The lowest BCUT2D eigenvalue weighted by Gasteiger charge is -2.18. The second kappa shape index (κ2) is 10.6. The van der Waals surface area contributed by atoms with Crippen molar-refractivity contribution in [2.24, 2.45) is 4.99 Å². The Labute approximate surface area is 165 Å². The fourth-order valence-electron chi connectivity index (χ4n) is 2.21. The minimum Gasteiger partial charge on any atom is -0.357 e. The first-order valence-electron chi connectivity index (χ1n) is 7.88. The molecular weight excluding hydrogens is 437 g/mol. The molecule has 0 amide bonds. The Bertz CT molecular complexity index is 639. The molecule has 0 saturated heterocycles. The molecule has 0 aliphatic heterocycles. The van der Waals surface area contributed by atoms with Gasteiger partial charge in [-0.1, -0.05) is 23.7 Å². The third-order valence-electron chi connectivity index (χ3n) is 3.43. The van der Waals surface area contributed by atoms with Gasteiger partial charge >= 0.3 is 0 Å². The predicted molar refractivity (Wildman–Crippen MR) is 111 cm³/mol. The van der Waals surface area contributed by atoms with Gasteiger partial charge in [0, 0.05) is 17.8 Å². The molecule has 24 heavy (non-hydrogen) atoms. The summed E-state index contributed by atoms with van der Waals surface area (Å²) in [7, 11) is 0. The van der Waals surface area contributed by atoms with Gasteiger partial charge in [-0.15, -0.1) is 24.0 Å². The lowest BCUT2D eigenvalue weighted by atomic mass is 10.1. The average Bonchev–Trinajstić information content (AvgIpc) is 2.93. The van der Waals surface area contributed by atoms with E-state index in [1.807, 2.05) is 48.3 Å². The fraction of sp³-hybridized carbons (Fsp3) is 0.412. The Morgan fingerprint density at radius 1 is 1.33 bits per heavy atom. The van der Waals surface area contributed by atoms with Crippen LogP contribution in [0, 0.1) is 6.92 Å². The predicted octanol–water partition coefficient (Wildman–Crippen LogP) is 3.78. The van der Waals surface area contributed by atoms with Crippen molar-refractivity contribution in [3.05, 3.63) is 52.8 Å². The molecule has 0 aliphatic rings. The highest BCUT2D eigenvalue weighted by atomic mass is 127. The fourth-order valence-corrected chi connectivity index (χ4v) is 2.34. The lowest BCUT2D eigenvalue weighted by Crippen LogP contribution is -2.39. The van der Waals surface area contributed by atoms with E-state index in [1.165, 1.54) is 5.56 Å². The van der Waals surface area contributed by atoms with Crippen molar-refractivity contribution in [1.82, 2.24) is 20.4 Å². The largest absolute Gasteiger partial charge is 0.357 e. The van der Waals surface area contributed by atoms with E-state index in [0.29, 0.717) is 6.54 Å². The van der Waals surface area contributed by atoms with E-state index in [1.54, 1.807) is 0 Å². The molecule has 2 N–H and O–H groups in total. The van der Waals surface area contributed by atoms with Gasteiger partial charge in [-0.2, -0.15) is 5.10 Å². The number of benzene rings is 1. The van der Waals surface area contributed by atoms with Gasteiger partial charge in [-0.25, -0.2) is 0 Å². The van der Waals surface area contributed by atoms with Crippen molar-refractivity contribution in [2.75, 3.05) is 13.1 Å². The van der Waals surface area contributed by atoms with E-state index in [-0.39, 0.29) is 30.0 Å². The summed E-state index contributed by atoms with van der Waals surface area (Å²) in [5.74, 6) is 0.804. The van der Waals surface area contributed by atoms with Gasteiger partial charge in [0.25, 0.3) is 0 Å². The molecule has 1 unspecified atom stereocenters. The number of nitrogens with zero attached hydrogens (tertiary/aromatic N) is 3. The van der Waals surface area contributed by atoms with Crippen LogP contribution >= 0.6 is 35.6 Å². The highest BCUT2D eigenvalue weighted by Crippen LogP contribution is 2.15. The van der Waals surface area contributed by atoms with Crippen LogP contribution < -0.4 is 10.6 Å². The number of aryl methyl sites for hydroxylation is 1. The van der Waals surface area contributed by atoms with E-state index in [0.717, 1.165) is 29.6 Å². The van der Waals surface area contributed by atoms with Crippen molar-refractivity contribution < 1.29 is 0 Å². The minimum atomic E-state index is 0. The molecule has 7 heteroatoms. The van der Waals surface area contributed by atoms with Crippen molar-refractivity contribution >= 4 is 41.5 Å². The maximum atomic E-state index is 5.94. The second-order valence-electron chi connectivity index (χ2n) is 5.46. The van der Waals surface area contributed by atoms with Crippen LogP contribution in [-0.4, -0.2) is 28.8 Å². The van der Waals surface area contributed by atoms with Gasteiger partial charge in [0.05, 0.1) is 25.3 Å². The summed E-state index contributed by atoms with van der Waals surface area (Å²) in [6, 6.07) is 8.00. The number of halogens is 2. The molecule has 0 fully saturated rings. The van der Waals surface area contributed by atoms with Crippen LogP contribution in [0.2, 0.25) is 5.02 Å². The molecule has 0 radical (unpaired) electrons. The Morgan fingerprint density at radius 2 is 2.04 bits per heavy atom. The minimum absolute atomic E-state index is 0. The van der Waals surface area contributed by atoms with Crippen molar-refractivity contribution in [3.8, 4) is 0 Å². The van der Waals surface area contributed by atoms with Crippen LogP contribution in [0.4, 0.5) is 0 Å². The van der Waals surface area contributed by atoms with Gasteiger partial charge in [0.2, 0.25) is 0 Å². The van der Waals surface area contributed by atoms with Crippen LogP contribution in [0.3, 0.4) is 0 Å². The Balaban J connectivity index is 0.00000288. The van der Waals surface area contributed by atoms with Crippen molar-refractivity contribution in [2.45, 2.75) is 33.4 Å². The highest BCUT2D eigenvalue weighted by Gasteiger charge is 2.07. The van der Waals surface area contributed by atoms with Gasteiger partial charge in [-0.05, 0) is 44.0 Å². The first-order chi connectivity index (χ1) is 11.1. The third-order valence-corrected chi connectivity index (χ3v) is 3.68. The first kappa shape index (κ1) is 20.8. The number of aromatic nitrogens is 2. The van der Waals surface area contributed by atoms with Crippen LogP contribution in [0.1, 0.15) is 31.0 Å². The van der Waals surface area contributed by atoms with E-state index < -0.39 is 0 Å². The van der Waals surface area contributed by atoms with Crippen LogP contribution in [0.25, 0.3) is 0 Å². The standard InChI is InChI=1S/C17H24ClN5.HI/c1-4-19-17(20-9-10-23-12-13(2)11-21-23)22-14(3)15-5-7-16(18)8-6-15;/h5-8,11-12,14H,4,9-10H2,1-3H3,(H2,19,20,22);1H. The molecular formula is C17H25ClIN5. The smallest absolute Gasteiger partial charge is 0.191 e. The lowest BCUT2D eigenvalue weighted by molar-refractivity contribution is 0.617. The van der Waals surface area contributed by atoms with Gasteiger partial charge < -0.3 is 10.6 Å². The van der Waals surface area contributed by atoms with Crippen LogP contribution in [0.15, 0.2) is 41.7 Å². The zero-order valence-electron chi connectivity index (χ0n) is 14.3. The first-order valence-corrected chi connectivity index (χ1v) is 8.25. The number of hydrogen-bond donors (Lipinski definition) is 2. The summed E-state index contributed by atoms with van der Waals surface area (Å²) >= 11 is 5.94.